The number of sulfonamides is 1. The van der Waals surface area contributed by atoms with Crippen LogP contribution in [0.15, 0.2) is 89.3 Å². The van der Waals surface area contributed by atoms with E-state index in [1.54, 1.807) is 17.0 Å². The van der Waals surface area contributed by atoms with Gasteiger partial charge in [-0.3, -0.25) is 4.79 Å². The third-order valence-corrected chi connectivity index (χ3v) is 7.98. The van der Waals surface area contributed by atoms with Crippen molar-refractivity contribution in [3.8, 4) is 5.75 Å². The number of fused-ring (bicyclic) bond motifs is 1. The van der Waals surface area contributed by atoms with Crippen molar-refractivity contribution in [1.82, 2.24) is 9.21 Å². The maximum Gasteiger partial charge on any atom is 0.290 e. The van der Waals surface area contributed by atoms with Crippen LogP contribution in [0.2, 0.25) is 0 Å². The number of nitrogens with zero attached hydrogens (tertiary/aromatic N) is 2. The number of para-hydroxylation sites is 2. The summed E-state index contributed by atoms with van der Waals surface area (Å²) in [6.07, 6.45) is 0. The molecule has 180 valence electrons. The van der Waals surface area contributed by atoms with Crippen LogP contribution in [0, 0.1) is 0 Å². The minimum Gasteiger partial charge on any atom is -0.489 e. The van der Waals surface area contributed by atoms with Crippen LogP contribution in [-0.2, 0) is 22.4 Å². The van der Waals surface area contributed by atoms with Gasteiger partial charge in [0.2, 0.25) is 10.0 Å². The number of amides is 1. The van der Waals surface area contributed by atoms with Crippen molar-refractivity contribution in [2.24, 2.45) is 0 Å². The van der Waals surface area contributed by atoms with Gasteiger partial charge in [0.1, 0.15) is 17.9 Å². The summed E-state index contributed by atoms with van der Waals surface area (Å²) < 4.78 is 39.1. The molecule has 8 heteroatoms. The van der Waals surface area contributed by atoms with Crippen molar-refractivity contribution >= 4 is 26.9 Å². The summed E-state index contributed by atoms with van der Waals surface area (Å²) in [5.41, 5.74) is 2.05. The Morgan fingerprint density at radius 1 is 0.829 bits per heavy atom. The van der Waals surface area contributed by atoms with E-state index in [2.05, 4.69) is 0 Å². The van der Waals surface area contributed by atoms with Gasteiger partial charge in [-0.25, -0.2) is 8.42 Å². The first-order chi connectivity index (χ1) is 17.0. The van der Waals surface area contributed by atoms with Gasteiger partial charge in [0.25, 0.3) is 5.91 Å². The van der Waals surface area contributed by atoms with E-state index in [-0.39, 0.29) is 37.1 Å². The van der Waals surface area contributed by atoms with Crippen molar-refractivity contribution in [3.05, 3.63) is 102 Å². The Morgan fingerprint density at radius 3 is 2.17 bits per heavy atom. The summed E-state index contributed by atoms with van der Waals surface area (Å²) in [6, 6.07) is 26.0. The summed E-state index contributed by atoms with van der Waals surface area (Å²) >= 11 is 0. The molecule has 0 saturated carbocycles. The number of benzene rings is 3. The molecule has 7 nitrogen and oxygen atoms in total. The van der Waals surface area contributed by atoms with E-state index >= 15 is 0 Å². The average molecular weight is 491 g/mol. The van der Waals surface area contributed by atoms with Crippen LogP contribution in [0.4, 0.5) is 0 Å². The van der Waals surface area contributed by atoms with E-state index < -0.39 is 10.0 Å². The number of furan rings is 1. The standard InChI is InChI=1S/C27H26N2O5S/c30-27(28-15-17-29(18-16-28)35(31,32)20-21-9-3-1-4-10-21)26-24(19-33-22-11-5-2-6-12-22)23-13-7-8-14-25(23)34-26/h1-14H,15-20H2. The SMILES string of the molecule is O=C(c1oc2ccccc2c1COc1ccccc1)N1CCN(S(=O)(=O)Cc2ccccc2)CC1. The molecule has 1 aliphatic rings. The smallest absolute Gasteiger partial charge is 0.290 e. The molecule has 0 spiro atoms. The average Bonchev–Trinajstić information content (AvgIpc) is 3.26. The number of piperazine rings is 1. The molecule has 1 amide bonds. The van der Waals surface area contributed by atoms with Crippen LogP contribution in [0.25, 0.3) is 11.0 Å². The first kappa shape index (κ1) is 23.1. The van der Waals surface area contributed by atoms with Crippen LogP contribution < -0.4 is 4.74 Å². The topological polar surface area (TPSA) is 80.1 Å². The zero-order valence-electron chi connectivity index (χ0n) is 19.2. The highest BCUT2D eigenvalue weighted by Gasteiger charge is 2.32. The lowest BCUT2D eigenvalue weighted by molar-refractivity contribution is 0.0664. The molecule has 2 heterocycles. The van der Waals surface area contributed by atoms with Gasteiger partial charge in [-0.15, -0.1) is 0 Å². The van der Waals surface area contributed by atoms with E-state index in [0.717, 1.165) is 10.9 Å². The Bertz CT molecular complexity index is 1410. The maximum atomic E-state index is 13.5. The summed E-state index contributed by atoms with van der Waals surface area (Å²) in [5.74, 6) is 0.635. The summed E-state index contributed by atoms with van der Waals surface area (Å²) in [7, 11) is -3.47. The lowest BCUT2D eigenvalue weighted by Crippen LogP contribution is -2.50. The van der Waals surface area contributed by atoms with E-state index in [9.17, 15) is 13.2 Å². The normalized spacial score (nSPS) is 14.8. The van der Waals surface area contributed by atoms with Crippen molar-refractivity contribution in [1.29, 1.82) is 0 Å². The highest BCUT2D eigenvalue weighted by atomic mass is 32.2. The quantitative estimate of drug-likeness (QED) is 0.386. The van der Waals surface area contributed by atoms with E-state index in [1.165, 1.54) is 4.31 Å². The number of carbonyl (C=O) groups excluding carboxylic acids is 1. The van der Waals surface area contributed by atoms with Crippen LogP contribution >= 0.6 is 0 Å². The Morgan fingerprint density at radius 2 is 1.46 bits per heavy atom. The van der Waals surface area contributed by atoms with Gasteiger partial charge in [0.05, 0.1) is 5.75 Å². The highest BCUT2D eigenvalue weighted by molar-refractivity contribution is 7.88. The first-order valence-corrected chi connectivity index (χ1v) is 13.1. The fraction of sp³-hybridized carbons (Fsp3) is 0.222. The van der Waals surface area contributed by atoms with Crippen LogP contribution in [0.1, 0.15) is 21.7 Å². The van der Waals surface area contributed by atoms with Gasteiger partial charge < -0.3 is 14.1 Å². The third-order valence-electron chi connectivity index (χ3n) is 6.13. The minimum absolute atomic E-state index is 0.0493. The molecule has 3 aromatic carbocycles. The lowest BCUT2D eigenvalue weighted by Gasteiger charge is -2.33. The number of carbonyl (C=O) groups is 1. The van der Waals surface area contributed by atoms with Crippen LogP contribution in [0.3, 0.4) is 0 Å². The molecule has 0 bridgehead atoms. The first-order valence-electron chi connectivity index (χ1n) is 11.5. The van der Waals surface area contributed by atoms with Gasteiger partial charge in [0, 0.05) is 37.1 Å². The summed E-state index contributed by atoms with van der Waals surface area (Å²) in [6.45, 7) is 1.27. The second-order valence-corrected chi connectivity index (χ2v) is 10.4. The molecule has 0 aliphatic carbocycles. The number of ether oxygens (including phenoxy) is 1. The molecule has 1 fully saturated rings. The summed E-state index contributed by atoms with van der Waals surface area (Å²) in [4.78, 5) is 15.1. The summed E-state index contributed by atoms with van der Waals surface area (Å²) in [5, 5.41) is 0.829. The minimum atomic E-state index is -3.47. The predicted octanol–water partition coefficient (Wildman–Crippen LogP) is 4.30. The third kappa shape index (κ3) is 5.08. The fourth-order valence-electron chi connectivity index (χ4n) is 4.28. The molecule has 0 atom stereocenters. The Balaban J connectivity index is 1.31. The monoisotopic (exact) mass is 490 g/mol. The highest BCUT2D eigenvalue weighted by Crippen LogP contribution is 2.29. The number of rotatable bonds is 7. The second-order valence-electron chi connectivity index (χ2n) is 8.44. The number of hydrogen-bond donors (Lipinski definition) is 0. The maximum absolute atomic E-state index is 13.5. The van der Waals surface area contributed by atoms with Gasteiger partial charge in [-0.2, -0.15) is 4.31 Å². The van der Waals surface area contributed by atoms with Gasteiger partial charge >= 0.3 is 0 Å². The Hall–Kier alpha value is -3.62. The zero-order valence-corrected chi connectivity index (χ0v) is 20.0. The largest absolute Gasteiger partial charge is 0.489 e. The molecule has 1 aromatic heterocycles. The van der Waals surface area contributed by atoms with Crippen molar-refractivity contribution in [2.75, 3.05) is 26.2 Å². The van der Waals surface area contributed by atoms with Gasteiger partial charge in [0.15, 0.2) is 5.76 Å². The van der Waals surface area contributed by atoms with E-state index in [1.807, 2.05) is 72.8 Å². The van der Waals surface area contributed by atoms with Crippen molar-refractivity contribution in [2.45, 2.75) is 12.4 Å². The fourth-order valence-corrected chi connectivity index (χ4v) is 5.79. The molecule has 0 radical (unpaired) electrons. The van der Waals surface area contributed by atoms with Gasteiger partial charge in [-0.05, 0) is 23.8 Å². The molecule has 0 unspecified atom stereocenters. The van der Waals surface area contributed by atoms with Crippen LogP contribution in [0.5, 0.6) is 5.75 Å². The lowest BCUT2D eigenvalue weighted by atomic mass is 10.1. The molecule has 4 aromatic rings. The van der Waals surface area contributed by atoms with Crippen LogP contribution in [-0.4, -0.2) is 49.7 Å². The van der Waals surface area contributed by atoms with E-state index in [0.29, 0.717) is 30.0 Å². The molecular weight excluding hydrogens is 464 g/mol. The van der Waals surface area contributed by atoms with Crippen molar-refractivity contribution in [3.63, 3.8) is 0 Å². The second kappa shape index (κ2) is 9.93. The van der Waals surface area contributed by atoms with Crippen molar-refractivity contribution < 1.29 is 22.4 Å². The Labute approximate surface area is 204 Å². The molecule has 1 aliphatic heterocycles. The Kier molecular flexibility index (Phi) is 6.57. The molecular formula is C27H26N2O5S. The van der Waals surface area contributed by atoms with Gasteiger partial charge in [-0.1, -0.05) is 66.7 Å². The predicted molar refractivity (Wildman–Crippen MR) is 134 cm³/mol. The molecule has 0 N–H and O–H groups in total. The molecule has 35 heavy (non-hydrogen) atoms. The zero-order chi connectivity index (χ0) is 24.3. The molecule has 5 rings (SSSR count). The number of hydrogen-bond acceptors (Lipinski definition) is 5. The van der Waals surface area contributed by atoms with E-state index in [4.69, 9.17) is 9.15 Å². The molecule has 1 saturated heterocycles.